The lowest BCUT2D eigenvalue weighted by atomic mass is 9.99. The predicted octanol–water partition coefficient (Wildman–Crippen LogP) is 5.49. The van der Waals surface area contributed by atoms with Crippen LogP contribution in [0.25, 0.3) is 5.57 Å². The number of benzene rings is 3. The van der Waals surface area contributed by atoms with E-state index in [1.54, 1.807) is 0 Å². The fourth-order valence-electron chi connectivity index (χ4n) is 3.58. The van der Waals surface area contributed by atoms with Gasteiger partial charge in [-0.3, -0.25) is 4.79 Å². The normalized spacial score (nSPS) is 14.9. The molecule has 0 unspecified atom stereocenters. The van der Waals surface area contributed by atoms with Crippen molar-refractivity contribution < 1.29 is 4.79 Å². The van der Waals surface area contributed by atoms with Crippen LogP contribution in [-0.4, -0.2) is 11.7 Å². The molecule has 3 heteroatoms. The molecule has 0 radical (unpaired) electrons. The number of aliphatic imine (C=N–C) groups is 1. The van der Waals surface area contributed by atoms with Crippen LogP contribution < -0.4 is 5.32 Å². The van der Waals surface area contributed by atoms with Gasteiger partial charge in [0.25, 0.3) is 5.91 Å². The maximum atomic E-state index is 12.7. The molecule has 3 aromatic carbocycles. The number of hydrogen-bond donors (Lipinski definition) is 1. The lowest BCUT2D eigenvalue weighted by Gasteiger charge is -2.08. The molecule has 1 heterocycles. The van der Waals surface area contributed by atoms with Gasteiger partial charge in [-0.15, -0.1) is 0 Å². The Morgan fingerprint density at radius 3 is 2.38 bits per heavy atom. The van der Waals surface area contributed by atoms with E-state index in [1.165, 1.54) is 22.3 Å². The van der Waals surface area contributed by atoms with Gasteiger partial charge >= 0.3 is 0 Å². The molecule has 0 aromatic heterocycles. The van der Waals surface area contributed by atoms with E-state index in [4.69, 9.17) is 0 Å². The molecule has 0 aliphatic carbocycles. The third-order valence-electron chi connectivity index (χ3n) is 5.13. The minimum Gasteiger partial charge on any atom is -0.346 e. The van der Waals surface area contributed by atoms with Crippen molar-refractivity contribution in [3.63, 3.8) is 0 Å². The van der Waals surface area contributed by atoms with E-state index in [-0.39, 0.29) is 5.91 Å². The second-order valence-corrected chi connectivity index (χ2v) is 7.52. The molecule has 0 atom stereocenters. The quantitative estimate of drug-likeness (QED) is 0.650. The van der Waals surface area contributed by atoms with Crippen molar-refractivity contribution in [1.82, 2.24) is 5.32 Å². The molecule has 0 bridgehead atoms. The summed E-state index contributed by atoms with van der Waals surface area (Å²) in [5.41, 5.74) is 7.60. The molecule has 0 fully saturated rings. The van der Waals surface area contributed by atoms with E-state index in [9.17, 15) is 4.79 Å². The Morgan fingerprint density at radius 2 is 1.66 bits per heavy atom. The summed E-state index contributed by atoms with van der Waals surface area (Å²) in [6, 6.07) is 26.4. The summed E-state index contributed by atoms with van der Waals surface area (Å²) in [6.45, 7) is 4.07. The first kappa shape index (κ1) is 18.9. The third kappa shape index (κ3) is 4.52. The second kappa shape index (κ2) is 8.27. The molecule has 0 spiro atoms. The predicted molar refractivity (Wildman–Crippen MR) is 119 cm³/mol. The lowest BCUT2D eigenvalue weighted by molar-refractivity contribution is 0.100. The van der Waals surface area contributed by atoms with Crippen LogP contribution in [-0.2, 0) is 6.42 Å². The second-order valence-electron chi connectivity index (χ2n) is 7.52. The average molecular weight is 380 g/mol. The number of nitrogens with zero attached hydrogens (tertiary/aromatic N) is 1. The van der Waals surface area contributed by atoms with Crippen LogP contribution in [0.2, 0.25) is 0 Å². The van der Waals surface area contributed by atoms with Crippen molar-refractivity contribution in [3.05, 3.63) is 112 Å². The maximum Gasteiger partial charge on any atom is 0.278 e. The average Bonchev–Trinajstić information content (AvgIpc) is 3.11. The smallest absolute Gasteiger partial charge is 0.278 e. The molecule has 3 aromatic rings. The van der Waals surface area contributed by atoms with Crippen LogP contribution in [0.15, 0.2) is 89.6 Å². The SMILES string of the molecule is Cc1ccc(C2=C(Cc3ccccc3)N/C(=N\C(=O)c3cccc(C)c3)C2)cc1. The molecule has 29 heavy (non-hydrogen) atoms. The Balaban J connectivity index is 1.64. The van der Waals surface area contributed by atoms with Crippen molar-refractivity contribution in [2.45, 2.75) is 26.7 Å². The van der Waals surface area contributed by atoms with Crippen LogP contribution in [0.1, 0.15) is 39.0 Å². The Hall–Kier alpha value is -3.46. The van der Waals surface area contributed by atoms with E-state index >= 15 is 0 Å². The summed E-state index contributed by atoms with van der Waals surface area (Å²) in [5, 5.41) is 3.43. The number of hydrogen-bond acceptors (Lipinski definition) is 1. The number of carbonyl (C=O) groups excluding carboxylic acids is 1. The standard InChI is InChI=1S/C26H24N2O/c1-18-11-13-21(14-12-18)23-17-25(27-24(23)16-20-8-4-3-5-9-20)28-26(29)22-10-6-7-19(2)15-22/h3-15H,16-17H2,1-2H3,(H,27,28,29). The van der Waals surface area contributed by atoms with Crippen molar-refractivity contribution in [2.24, 2.45) is 4.99 Å². The molecule has 144 valence electrons. The van der Waals surface area contributed by atoms with Crippen LogP contribution >= 0.6 is 0 Å². The number of rotatable bonds is 4. The zero-order chi connectivity index (χ0) is 20.2. The minimum atomic E-state index is -0.208. The van der Waals surface area contributed by atoms with E-state index in [1.807, 2.05) is 49.4 Å². The molecule has 0 saturated carbocycles. The molecular weight excluding hydrogens is 356 g/mol. The highest BCUT2D eigenvalue weighted by atomic mass is 16.1. The van der Waals surface area contributed by atoms with Crippen molar-refractivity contribution in [2.75, 3.05) is 0 Å². The summed E-state index contributed by atoms with van der Waals surface area (Å²) in [4.78, 5) is 17.1. The molecule has 4 rings (SSSR count). The summed E-state index contributed by atoms with van der Waals surface area (Å²) >= 11 is 0. The number of amides is 1. The van der Waals surface area contributed by atoms with E-state index in [0.29, 0.717) is 17.8 Å². The molecule has 3 nitrogen and oxygen atoms in total. The molecular formula is C26H24N2O. The Labute approximate surface area is 171 Å². The highest BCUT2D eigenvalue weighted by molar-refractivity contribution is 6.08. The zero-order valence-electron chi connectivity index (χ0n) is 16.8. The topological polar surface area (TPSA) is 41.5 Å². The van der Waals surface area contributed by atoms with Crippen LogP contribution in [0.4, 0.5) is 0 Å². The van der Waals surface area contributed by atoms with Crippen LogP contribution in [0.3, 0.4) is 0 Å². The first-order valence-corrected chi connectivity index (χ1v) is 9.87. The molecule has 1 amide bonds. The number of amidine groups is 1. The first-order valence-electron chi connectivity index (χ1n) is 9.87. The molecule has 1 N–H and O–H groups in total. The van der Waals surface area contributed by atoms with E-state index in [0.717, 1.165) is 17.7 Å². The van der Waals surface area contributed by atoms with Crippen molar-refractivity contribution in [1.29, 1.82) is 0 Å². The van der Waals surface area contributed by atoms with E-state index in [2.05, 4.69) is 53.6 Å². The highest BCUT2D eigenvalue weighted by Gasteiger charge is 2.22. The van der Waals surface area contributed by atoms with Gasteiger partial charge in [-0.25, -0.2) is 0 Å². The van der Waals surface area contributed by atoms with Crippen LogP contribution in [0, 0.1) is 13.8 Å². The molecule has 1 aliphatic rings. The summed E-state index contributed by atoms with van der Waals surface area (Å²) in [7, 11) is 0. The van der Waals surface area contributed by atoms with Crippen molar-refractivity contribution in [3.8, 4) is 0 Å². The monoisotopic (exact) mass is 380 g/mol. The Kier molecular flexibility index (Phi) is 5.39. The van der Waals surface area contributed by atoms with Crippen LogP contribution in [0.5, 0.6) is 0 Å². The molecule has 0 saturated heterocycles. The maximum absolute atomic E-state index is 12.7. The number of aryl methyl sites for hydroxylation is 2. The minimum absolute atomic E-state index is 0.208. The van der Waals surface area contributed by atoms with Gasteiger partial charge in [0.15, 0.2) is 0 Å². The third-order valence-corrected chi connectivity index (χ3v) is 5.13. The van der Waals surface area contributed by atoms with Gasteiger partial charge in [-0.1, -0.05) is 77.9 Å². The summed E-state index contributed by atoms with van der Waals surface area (Å²) in [6.07, 6.45) is 1.41. The fraction of sp³-hybridized carbons (Fsp3) is 0.154. The number of carbonyl (C=O) groups is 1. The summed E-state index contributed by atoms with van der Waals surface area (Å²) < 4.78 is 0. The largest absolute Gasteiger partial charge is 0.346 e. The van der Waals surface area contributed by atoms with Gasteiger partial charge in [0.2, 0.25) is 0 Å². The van der Waals surface area contributed by atoms with Gasteiger partial charge in [0, 0.05) is 24.1 Å². The van der Waals surface area contributed by atoms with Crippen molar-refractivity contribution >= 4 is 17.3 Å². The zero-order valence-corrected chi connectivity index (χ0v) is 16.8. The highest BCUT2D eigenvalue weighted by Crippen LogP contribution is 2.29. The van der Waals surface area contributed by atoms with Gasteiger partial charge < -0.3 is 5.32 Å². The van der Waals surface area contributed by atoms with Gasteiger partial charge in [-0.05, 0) is 42.7 Å². The number of nitrogens with one attached hydrogen (secondary N) is 1. The van der Waals surface area contributed by atoms with Gasteiger partial charge in [0.1, 0.15) is 5.84 Å². The van der Waals surface area contributed by atoms with E-state index < -0.39 is 0 Å². The lowest BCUT2D eigenvalue weighted by Crippen LogP contribution is -2.19. The fourth-order valence-corrected chi connectivity index (χ4v) is 3.58. The first-order chi connectivity index (χ1) is 14.1. The summed E-state index contributed by atoms with van der Waals surface area (Å²) in [5.74, 6) is 0.499. The molecule has 1 aliphatic heterocycles. The number of allylic oxidation sites excluding steroid dienone is 1. The Morgan fingerprint density at radius 1 is 0.897 bits per heavy atom. The van der Waals surface area contributed by atoms with Gasteiger partial charge in [0.05, 0.1) is 0 Å². The van der Waals surface area contributed by atoms with Gasteiger partial charge in [-0.2, -0.15) is 4.99 Å². The Bertz CT molecular complexity index is 1090.